The SMILES string of the molecule is C=C(Br)CNC(=O)Nc1cc(NC(=O)CC)ccc1C. The Labute approximate surface area is 127 Å². The Bertz CT molecular complexity index is 529. The largest absolute Gasteiger partial charge is 0.333 e. The van der Waals surface area contributed by atoms with Gasteiger partial charge in [0.25, 0.3) is 0 Å². The summed E-state index contributed by atoms with van der Waals surface area (Å²) in [4.78, 5) is 23.0. The number of aryl methyl sites for hydroxylation is 1. The molecule has 5 nitrogen and oxygen atoms in total. The Morgan fingerprint density at radius 2 is 2.00 bits per heavy atom. The van der Waals surface area contributed by atoms with E-state index in [1.54, 1.807) is 19.1 Å². The molecule has 0 heterocycles. The van der Waals surface area contributed by atoms with Gasteiger partial charge < -0.3 is 16.0 Å². The third-order valence-corrected chi connectivity index (χ3v) is 2.81. The molecule has 20 heavy (non-hydrogen) atoms. The van der Waals surface area contributed by atoms with Crippen molar-refractivity contribution in [2.24, 2.45) is 0 Å². The molecule has 0 aliphatic carbocycles. The Hall–Kier alpha value is -1.82. The lowest BCUT2D eigenvalue weighted by molar-refractivity contribution is -0.115. The first-order chi connectivity index (χ1) is 9.42. The summed E-state index contributed by atoms with van der Waals surface area (Å²) < 4.78 is 0.688. The maximum absolute atomic E-state index is 11.7. The van der Waals surface area contributed by atoms with E-state index in [1.807, 2.05) is 13.0 Å². The third kappa shape index (κ3) is 5.44. The van der Waals surface area contributed by atoms with Crippen LogP contribution in [0.4, 0.5) is 16.2 Å². The average Bonchev–Trinajstić information content (AvgIpc) is 2.40. The van der Waals surface area contributed by atoms with Crippen molar-refractivity contribution < 1.29 is 9.59 Å². The molecule has 1 aromatic rings. The zero-order valence-electron chi connectivity index (χ0n) is 11.5. The predicted molar refractivity (Wildman–Crippen MR) is 85.2 cm³/mol. The maximum Gasteiger partial charge on any atom is 0.319 e. The van der Waals surface area contributed by atoms with E-state index in [1.165, 1.54) is 0 Å². The summed E-state index contributed by atoms with van der Waals surface area (Å²) in [6, 6.07) is 5.04. The van der Waals surface area contributed by atoms with Crippen LogP contribution in [0.2, 0.25) is 0 Å². The van der Waals surface area contributed by atoms with E-state index in [2.05, 4.69) is 38.5 Å². The van der Waals surface area contributed by atoms with Crippen LogP contribution in [-0.2, 0) is 4.79 Å². The van der Waals surface area contributed by atoms with Crippen molar-refractivity contribution in [1.29, 1.82) is 0 Å². The molecule has 0 radical (unpaired) electrons. The number of hydrogen-bond donors (Lipinski definition) is 3. The van der Waals surface area contributed by atoms with Crippen LogP contribution < -0.4 is 16.0 Å². The van der Waals surface area contributed by atoms with E-state index in [4.69, 9.17) is 0 Å². The highest BCUT2D eigenvalue weighted by atomic mass is 79.9. The lowest BCUT2D eigenvalue weighted by atomic mass is 10.2. The molecule has 0 aliphatic rings. The molecular formula is C14H18BrN3O2. The van der Waals surface area contributed by atoms with Crippen LogP contribution in [0, 0.1) is 6.92 Å². The molecule has 0 bridgehead atoms. The second-order valence-corrected chi connectivity index (χ2v) is 5.38. The molecule has 0 fully saturated rings. The third-order valence-electron chi connectivity index (χ3n) is 2.53. The van der Waals surface area contributed by atoms with Crippen LogP contribution in [0.15, 0.2) is 29.3 Å². The van der Waals surface area contributed by atoms with Gasteiger partial charge in [-0.25, -0.2) is 4.79 Å². The van der Waals surface area contributed by atoms with Gasteiger partial charge >= 0.3 is 6.03 Å². The second-order valence-electron chi connectivity index (χ2n) is 4.26. The topological polar surface area (TPSA) is 70.2 Å². The van der Waals surface area contributed by atoms with Gasteiger partial charge in [0.05, 0.1) is 6.54 Å². The van der Waals surface area contributed by atoms with Crippen molar-refractivity contribution >= 4 is 39.2 Å². The van der Waals surface area contributed by atoms with Crippen molar-refractivity contribution in [1.82, 2.24) is 5.32 Å². The molecule has 3 amide bonds. The molecule has 0 spiro atoms. The predicted octanol–water partition coefficient (Wildman–Crippen LogP) is 3.37. The summed E-state index contributed by atoms with van der Waals surface area (Å²) in [6.07, 6.45) is 0.407. The molecule has 1 rings (SSSR count). The minimum atomic E-state index is -0.326. The maximum atomic E-state index is 11.7. The number of carbonyl (C=O) groups excluding carboxylic acids is 2. The van der Waals surface area contributed by atoms with Crippen LogP contribution in [0.25, 0.3) is 0 Å². The fourth-order valence-corrected chi connectivity index (χ4v) is 1.57. The molecular weight excluding hydrogens is 322 g/mol. The first-order valence-corrected chi connectivity index (χ1v) is 7.00. The van der Waals surface area contributed by atoms with Crippen LogP contribution in [0.3, 0.4) is 0 Å². The molecule has 3 N–H and O–H groups in total. The summed E-state index contributed by atoms with van der Waals surface area (Å²) in [6.45, 7) is 7.64. The molecule has 0 unspecified atom stereocenters. The van der Waals surface area contributed by atoms with Gasteiger partial charge in [-0.2, -0.15) is 0 Å². The Balaban J connectivity index is 2.73. The molecule has 108 valence electrons. The summed E-state index contributed by atoms with van der Waals surface area (Å²) in [5, 5.41) is 8.13. The molecule has 0 aliphatic heterocycles. The number of amides is 3. The quantitative estimate of drug-likeness (QED) is 0.769. The number of anilines is 2. The van der Waals surface area contributed by atoms with Gasteiger partial charge in [0.1, 0.15) is 0 Å². The minimum Gasteiger partial charge on any atom is -0.333 e. The fraction of sp³-hybridized carbons (Fsp3) is 0.286. The number of rotatable bonds is 5. The van der Waals surface area contributed by atoms with Crippen molar-refractivity contribution in [2.75, 3.05) is 17.2 Å². The highest BCUT2D eigenvalue weighted by Gasteiger charge is 2.06. The lowest BCUT2D eigenvalue weighted by Gasteiger charge is -2.12. The van der Waals surface area contributed by atoms with Crippen LogP contribution >= 0.6 is 15.9 Å². The highest BCUT2D eigenvalue weighted by molar-refractivity contribution is 9.11. The minimum absolute atomic E-state index is 0.0696. The van der Waals surface area contributed by atoms with E-state index in [9.17, 15) is 9.59 Å². The fourth-order valence-electron chi connectivity index (χ4n) is 1.43. The summed E-state index contributed by atoms with van der Waals surface area (Å²) >= 11 is 3.16. The molecule has 6 heteroatoms. The highest BCUT2D eigenvalue weighted by Crippen LogP contribution is 2.20. The Morgan fingerprint density at radius 3 is 2.60 bits per heavy atom. The van der Waals surface area contributed by atoms with Gasteiger partial charge in [-0.3, -0.25) is 4.79 Å². The van der Waals surface area contributed by atoms with Gasteiger partial charge in [0.15, 0.2) is 0 Å². The van der Waals surface area contributed by atoms with Crippen LogP contribution in [-0.4, -0.2) is 18.5 Å². The Morgan fingerprint density at radius 1 is 1.30 bits per heavy atom. The monoisotopic (exact) mass is 339 g/mol. The van der Waals surface area contributed by atoms with Gasteiger partial charge in [-0.1, -0.05) is 35.5 Å². The molecule has 0 saturated carbocycles. The molecule has 0 atom stereocenters. The number of hydrogen-bond acceptors (Lipinski definition) is 2. The first-order valence-electron chi connectivity index (χ1n) is 6.21. The summed E-state index contributed by atoms with van der Waals surface area (Å²) in [5.41, 5.74) is 2.21. The van der Waals surface area contributed by atoms with E-state index in [0.717, 1.165) is 5.56 Å². The van der Waals surface area contributed by atoms with E-state index in [-0.39, 0.29) is 11.9 Å². The van der Waals surface area contributed by atoms with Gasteiger partial charge in [-0.15, -0.1) is 0 Å². The number of halogens is 1. The van der Waals surface area contributed by atoms with Crippen LogP contribution in [0.5, 0.6) is 0 Å². The first kappa shape index (κ1) is 16.2. The van der Waals surface area contributed by atoms with Gasteiger partial charge in [0, 0.05) is 22.3 Å². The average molecular weight is 340 g/mol. The van der Waals surface area contributed by atoms with Gasteiger partial charge in [0.2, 0.25) is 5.91 Å². The van der Waals surface area contributed by atoms with Crippen LogP contribution in [0.1, 0.15) is 18.9 Å². The lowest BCUT2D eigenvalue weighted by Crippen LogP contribution is -2.29. The van der Waals surface area contributed by atoms with E-state index >= 15 is 0 Å². The number of urea groups is 1. The molecule has 1 aromatic carbocycles. The van der Waals surface area contributed by atoms with E-state index < -0.39 is 0 Å². The standard InChI is InChI=1S/C14H18BrN3O2/c1-4-13(19)17-11-6-5-9(2)12(7-11)18-14(20)16-8-10(3)15/h5-7H,3-4,8H2,1-2H3,(H,17,19)(H2,16,18,20). The van der Waals surface area contributed by atoms with Crippen molar-refractivity contribution in [2.45, 2.75) is 20.3 Å². The summed E-state index contributed by atoms with van der Waals surface area (Å²) in [5.74, 6) is -0.0696. The van der Waals surface area contributed by atoms with Crippen molar-refractivity contribution in [3.63, 3.8) is 0 Å². The van der Waals surface area contributed by atoms with Gasteiger partial charge in [-0.05, 0) is 24.6 Å². The smallest absolute Gasteiger partial charge is 0.319 e. The normalized spacial score (nSPS) is 9.75. The van der Waals surface area contributed by atoms with Crippen molar-refractivity contribution in [3.8, 4) is 0 Å². The zero-order chi connectivity index (χ0) is 15.1. The molecule has 0 saturated heterocycles. The second kappa shape index (κ2) is 7.69. The number of benzene rings is 1. The van der Waals surface area contributed by atoms with Crippen molar-refractivity contribution in [3.05, 3.63) is 34.8 Å². The zero-order valence-corrected chi connectivity index (χ0v) is 13.1. The molecule has 0 aromatic heterocycles. The summed E-state index contributed by atoms with van der Waals surface area (Å²) in [7, 11) is 0. The number of nitrogens with one attached hydrogen (secondary N) is 3. The van der Waals surface area contributed by atoms with E-state index in [0.29, 0.717) is 28.8 Å². The Kier molecular flexibility index (Phi) is 6.24. The number of carbonyl (C=O) groups is 2.